The van der Waals surface area contributed by atoms with Crippen molar-refractivity contribution >= 4 is 23.6 Å². The van der Waals surface area contributed by atoms with E-state index in [1.54, 1.807) is 25.3 Å². The summed E-state index contributed by atoms with van der Waals surface area (Å²) in [6.45, 7) is 0.267. The van der Waals surface area contributed by atoms with Crippen LogP contribution in [0.5, 0.6) is 0 Å². The molecule has 3 aliphatic rings. The van der Waals surface area contributed by atoms with Gasteiger partial charge in [0.25, 0.3) is 0 Å². The van der Waals surface area contributed by atoms with Crippen LogP contribution in [0.1, 0.15) is 57.8 Å². The summed E-state index contributed by atoms with van der Waals surface area (Å²) in [6, 6.07) is 0. The Bertz CT molecular complexity index is 826. The van der Waals surface area contributed by atoms with E-state index in [9.17, 15) is 19.2 Å². The van der Waals surface area contributed by atoms with E-state index in [1.807, 2.05) is 6.08 Å². The lowest BCUT2D eigenvalue weighted by atomic mass is 9.84. The Labute approximate surface area is 188 Å². The number of fused-ring (bicyclic) bond motifs is 1. The Balaban J connectivity index is 1.26. The third-order valence-electron chi connectivity index (χ3n) is 6.01. The molecule has 174 valence electrons. The Morgan fingerprint density at radius 1 is 1.12 bits per heavy atom. The molecular weight excluding hydrogens is 414 g/mol. The highest BCUT2D eigenvalue weighted by Gasteiger charge is 2.32. The van der Waals surface area contributed by atoms with Crippen molar-refractivity contribution < 1.29 is 33.4 Å². The quantitative estimate of drug-likeness (QED) is 0.311. The number of allylic oxidation sites excluding steroid dienone is 1. The van der Waals surface area contributed by atoms with Crippen LogP contribution in [0.25, 0.3) is 0 Å². The number of amides is 1. The number of unbranched alkanes of at least 4 members (excludes halogenated alkanes) is 4. The number of esters is 1. The molecule has 3 rings (SSSR count). The summed E-state index contributed by atoms with van der Waals surface area (Å²) in [7, 11) is 1.55. The first-order chi connectivity index (χ1) is 15.5. The molecule has 3 atom stereocenters. The molecule has 8 nitrogen and oxygen atoms in total. The van der Waals surface area contributed by atoms with Crippen LogP contribution in [-0.2, 0) is 28.6 Å². The predicted octanol–water partition coefficient (Wildman–Crippen LogP) is 3.52. The van der Waals surface area contributed by atoms with E-state index >= 15 is 0 Å². The highest BCUT2D eigenvalue weighted by molar-refractivity contribution is 6.02. The molecule has 2 aliphatic carbocycles. The normalized spacial score (nSPS) is 24.8. The average Bonchev–Trinajstić information content (AvgIpc) is 2.77. The fraction of sp³-hybridized carbons (Fsp3) is 0.583. The summed E-state index contributed by atoms with van der Waals surface area (Å²) >= 11 is 0. The second-order valence-electron chi connectivity index (χ2n) is 8.39. The molecule has 0 bridgehead atoms. The lowest BCUT2D eigenvalue weighted by Crippen LogP contribution is -2.37. The first-order valence-electron chi connectivity index (χ1n) is 11.3. The maximum atomic E-state index is 12.1. The van der Waals surface area contributed by atoms with Crippen LogP contribution in [0.3, 0.4) is 0 Å². The van der Waals surface area contributed by atoms with Crippen LogP contribution in [0, 0.1) is 11.8 Å². The standard InChI is InChI=1S/C24H31NO7/c1-30-19-11-9-17-13-20(23(28)32-22(17)15-19)25-24(29)31-12-6-4-2-3-5-7-16-8-10-18(26)14-21(16)27/h9,11,13,15-17,22H,2-8,10,12,14H2,1H3,(H,25,29). The topological polar surface area (TPSA) is 108 Å². The number of carbonyl (C=O) groups is 4. The highest BCUT2D eigenvalue weighted by Crippen LogP contribution is 2.27. The molecule has 1 saturated carbocycles. The van der Waals surface area contributed by atoms with Crippen LogP contribution >= 0.6 is 0 Å². The molecular formula is C24H31NO7. The third-order valence-corrected chi connectivity index (χ3v) is 6.01. The Kier molecular flexibility index (Phi) is 8.64. The van der Waals surface area contributed by atoms with Gasteiger partial charge >= 0.3 is 12.1 Å². The lowest BCUT2D eigenvalue weighted by molar-refractivity contribution is -0.145. The van der Waals surface area contributed by atoms with E-state index in [1.165, 1.54) is 0 Å². The van der Waals surface area contributed by atoms with Gasteiger partial charge in [-0.3, -0.25) is 14.9 Å². The van der Waals surface area contributed by atoms with Crippen LogP contribution in [0.15, 0.2) is 35.8 Å². The van der Waals surface area contributed by atoms with Crippen LogP contribution < -0.4 is 5.32 Å². The summed E-state index contributed by atoms with van der Waals surface area (Å²) in [5, 5.41) is 2.47. The van der Waals surface area contributed by atoms with Crippen LogP contribution in [-0.4, -0.2) is 43.4 Å². The summed E-state index contributed by atoms with van der Waals surface area (Å²) in [5.74, 6) is 0.0844. The van der Waals surface area contributed by atoms with Crippen molar-refractivity contribution in [2.24, 2.45) is 11.8 Å². The molecule has 0 aromatic rings. The molecule has 8 heteroatoms. The fourth-order valence-corrected chi connectivity index (χ4v) is 4.15. The highest BCUT2D eigenvalue weighted by atomic mass is 16.6. The largest absolute Gasteiger partial charge is 0.497 e. The first kappa shape index (κ1) is 23.8. The second kappa shape index (κ2) is 11.6. The van der Waals surface area contributed by atoms with Crippen molar-refractivity contribution in [1.82, 2.24) is 5.32 Å². The number of ketones is 2. The minimum absolute atomic E-state index is 0.0537. The number of nitrogens with one attached hydrogen (secondary N) is 1. The van der Waals surface area contributed by atoms with E-state index < -0.39 is 18.2 Å². The second-order valence-corrected chi connectivity index (χ2v) is 8.39. The van der Waals surface area contributed by atoms with Gasteiger partial charge in [-0.15, -0.1) is 0 Å². The fourth-order valence-electron chi connectivity index (χ4n) is 4.15. The number of rotatable bonds is 10. The minimum atomic E-state index is -0.676. The maximum Gasteiger partial charge on any atom is 0.411 e. The molecule has 0 radical (unpaired) electrons. The number of hydrogen-bond donors (Lipinski definition) is 1. The molecule has 1 amide bonds. The molecule has 0 aromatic carbocycles. The van der Waals surface area contributed by atoms with Crippen molar-refractivity contribution in [3.05, 3.63) is 35.8 Å². The van der Waals surface area contributed by atoms with Crippen LogP contribution in [0.2, 0.25) is 0 Å². The van der Waals surface area contributed by atoms with Gasteiger partial charge in [0, 0.05) is 18.3 Å². The molecule has 0 saturated heterocycles. The van der Waals surface area contributed by atoms with Crippen molar-refractivity contribution in [2.75, 3.05) is 13.7 Å². The van der Waals surface area contributed by atoms with Gasteiger partial charge < -0.3 is 14.2 Å². The van der Waals surface area contributed by atoms with Gasteiger partial charge in [-0.05, 0) is 37.5 Å². The molecule has 0 aromatic heterocycles. The zero-order valence-corrected chi connectivity index (χ0v) is 18.5. The number of ether oxygens (including phenoxy) is 3. The molecule has 3 unspecified atom stereocenters. The van der Waals surface area contributed by atoms with Gasteiger partial charge in [-0.2, -0.15) is 0 Å². The molecule has 32 heavy (non-hydrogen) atoms. The van der Waals surface area contributed by atoms with E-state index in [-0.39, 0.29) is 42.1 Å². The Hall–Kier alpha value is -2.90. The predicted molar refractivity (Wildman–Crippen MR) is 115 cm³/mol. The zero-order valence-electron chi connectivity index (χ0n) is 18.5. The van der Waals surface area contributed by atoms with Gasteiger partial charge in [0.2, 0.25) is 0 Å². The van der Waals surface area contributed by atoms with E-state index in [2.05, 4.69) is 5.32 Å². The van der Waals surface area contributed by atoms with E-state index in [0.717, 1.165) is 38.5 Å². The van der Waals surface area contributed by atoms with E-state index in [4.69, 9.17) is 14.2 Å². The lowest BCUT2D eigenvalue weighted by Gasteiger charge is -2.28. The summed E-state index contributed by atoms with van der Waals surface area (Å²) in [4.78, 5) is 47.2. The molecule has 1 heterocycles. The minimum Gasteiger partial charge on any atom is -0.497 e. The molecule has 1 N–H and O–H groups in total. The van der Waals surface area contributed by atoms with E-state index in [0.29, 0.717) is 18.6 Å². The summed E-state index contributed by atoms with van der Waals surface area (Å²) in [5.41, 5.74) is 0.0779. The number of Topliss-reactive ketones (excluding diaryl/α,β-unsaturated/α-hetero) is 2. The Morgan fingerprint density at radius 2 is 1.91 bits per heavy atom. The van der Waals surface area contributed by atoms with Gasteiger partial charge in [0.05, 0.1) is 20.1 Å². The molecule has 1 aliphatic heterocycles. The van der Waals surface area contributed by atoms with Crippen molar-refractivity contribution in [1.29, 1.82) is 0 Å². The monoisotopic (exact) mass is 445 g/mol. The number of methoxy groups -OCH3 is 1. The zero-order chi connectivity index (χ0) is 22.9. The Morgan fingerprint density at radius 3 is 2.69 bits per heavy atom. The molecule has 0 spiro atoms. The van der Waals surface area contributed by atoms with Crippen LogP contribution in [0.4, 0.5) is 4.79 Å². The van der Waals surface area contributed by atoms with Crippen molar-refractivity contribution in [2.45, 2.75) is 63.9 Å². The van der Waals surface area contributed by atoms with Gasteiger partial charge in [-0.1, -0.05) is 31.8 Å². The van der Waals surface area contributed by atoms with Gasteiger partial charge in [0.1, 0.15) is 29.1 Å². The summed E-state index contributed by atoms with van der Waals surface area (Å²) < 4.78 is 15.6. The number of alkyl carbamates (subject to hydrolysis) is 1. The number of hydrogen-bond acceptors (Lipinski definition) is 7. The maximum absolute atomic E-state index is 12.1. The number of carbonyl (C=O) groups excluding carboxylic acids is 4. The van der Waals surface area contributed by atoms with Gasteiger partial charge in [-0.25, -0.2) is 9.59 Å². The van der Waals surface area contributed by atoms with Crippen molar-refractivity contribution in [3.8, 4) is 0 Å². The SMILES string of the molecule is COC1=CC2OC(=O)C(NC(=O)OCCCCCCCC3CCC(=O)CC3=O)=CC2C=C1. The molecule has 1 fully saturated rings. The summed E-state index contributed by atoms with van der Waals surface area (Å²) in [6.07, 6.45) is 12.7. The average molecular weight is 446 g/mol. The van der Waals surface area contributed by atoms with Gasteiger partial charge in [0.15, 0.2) is 0 Å². The third kappa shape index (κ3) is 6.80. The smallest absolute Gasteiger partial charge is 0.411 e. The van der Waals surface area contributed by atoms with Crippen molar-refractivity contribution in [3.63, 3.8) is 0 Å². The first-order valence-corrected chi connectivity index (χ1v) is 11.3.